The first-order valence-corrected chi connectivity index (χ1v) is 9.85. The smallest absolute Gasteiger partial charge is 0.243 e. The molecule has 0 unspecified atom stereocenters. The van der Waals surface area contributed by atoms with Crippen molar-refractivity contribution >= 4 is 23.4 Å². The van der Waals surface area contributed by atoms with Crippen LogP contribution >= 0.6 is 0 Å². The maximum Gasteiger partial charge on any atom is 0.243 e. The Morgan fingerprint density at radius 2 is 1.76 bits per heavy atom. The zero-order valence-electron chi connectivity index (χ0n) is 16.4. The minimum absolute atomic E-state index is 0.0266. The number of benzene rings is 1. The number of carbonyl (C=O) groups excluding carboxylic acids is 3. The SMILES string of the molecule is NC(=O)CN(CCC1CCCCC1)CC(=O)NCC(=O)Nc1ccc(F)c(F)c1. The number of nitrogens with two attached hydrogens (primary N) is 1. The summed E-state index contributed by atoms with van der Waals surface area (Å²) in [6.45, 7) is 0.183. The van der Waals surface area contributed by atoms with Gasteiger partial charge in [0, 0.05) is 11.8 Å². The van der Waals surface area contributed by atoms with Crippen molar-refractivity contribution < 1.29 is 23.2 Å². The Morgan fingerprint density at radius 3 is 2.41 bits per heavy atom. The Balaban J connectivity index is 1.76. The average molecular weight is 410 g/mol. The first-order valence-electron chi connectivity index (χ1n) is 9.85. The molecule has 0 heterocycles. The highest BCUT2D eigenvalue weighted by atomic mass is 19.2. The molecule has 4 N–H and O–H groups in total. The maximum atomic E-state index is 13.2. The third kappa shape index (κ3) is 8.55. The van der Waals surface area contributed by atoms with Crippen LogP contribution in [0.5, 0.6) is 0 Å². The summed E-state index contributed by atoms with van der Waals surface area (Å²) in [5, 5.41) is 4.83. The Bertz CT molecular complexity index is 724. The summed E-state index contributed by atoms with van der Waals surface area (Å²) in [5.74, 6) is -3.00. The molecular weight excluding hydrogens is 382 g/mol. The molecule has 0 spiro atoms. The molecule has 0 radical (unpaired) electrons. The summed E-state index contributed by atoms with van der Waals surface area (Å²) in [5.41, 5.74) is 5.36. The molecule has 1 aromatic carbocycles. The van der Waals surface area contributed by atoms with Crippen LogP contribution in [0.2, 0.25) is 0 Å². The van der Waals surface area contributed by atoms with Crippen LogP contribution in [0, 0.1) is 17.6 Å². The molecule has 7 nitrogen and oxygen atoms in total. The lowest BCUT2D eigenvalue weighted by Gasteiger charge is -2.26. The van der Waals surface area contributed by atoms with Gasteiger partial charge in [0.1, 0.15) is 0 Å². The lowest BCUT2D eigenvalue weighted by molar-refractivity contribution is -0.126. The molecule has 0 aliphatic heterocycles. The molecule has 1 fully saturated rings. The number of nitrogens with one attached hydrogen (secondary N) is 2. The average Bonchev–Trinajstić information content (AvgIpc) is 2.68. The Kier molecular flexibility index (Phi) is 8.98. The van der Waals surface area contributed by atoms with E-state index in [0.29, 0.717) is 12.5 Å². The number of hydrogen-bond donors (Lipinski definition) is 3. The number of rotatable bonds is 10. The molecule has 1 aromatic rings. The molecular formula is C20H28F2N4O3. The van der Waals surface area contributed by atoms with Gasteiger partial charge < -0.3 is 16.4 Å². The molecule has 1 aliphatic rings. The number of amides is 3. The van der Waals surface area contributed by atoms with Crippen LogP contribution < -0.4 is 16.4 Å². The van der Waals surface area contributed by atoms with E-state index in [1.165, 1.54) is 38.2 Å². The van der Waals surface area contributed by atoms with Crippen molar-refractivity contribution in [2.24, 2.45) is 11.7 Å². The van der Waals surface area contributed by atoms with Gasteiger partial charge in [-0.15, -0.1) is 0 Å². The van der Waals surface area contributed by atoms with Gasteiger partial charge in [-0.05, 0) is 31.0 Å². The number of hydrogen-bond acceptors (Lipinski definition) is 4. The van der Waals surface area contributed by atoms with Crippen LogP contribution in [0.3, 0.4) is 0 Å². The lowest BCUT2D eigenvalue weighted by Crippen LogP contribution is -2.44. The van der Waals surface area contributed by atoms with Crippen molar-refractivity contribution in [3.05, 3.63) is 29.8 Å². The van der Waals surface area contributed by atoms with E-state index in [0.717, 1.165) is 18.6 Å². The fourth-order valence-electron chi connectivity index (χ4n) is 3.49. The van der Waals surface area contributed by atoms with Crippen molar-refractivity contribution in [2.75, 3.05) is 31.5 Å². The zero-order valence-corrected chi connectivity index (χ0v) is 16.4. The summed E-state index contributed by atoms with van der Waals surface area (Å²) < 4.78 is 26.1. The summed E-state index contributed by atoms with van der Waals surface area (Å²) in [7, 11) is 0. The molecule has 1 aliphatic carbocycles. The van der Waals surface area contributed by atoms with E-state index in [-0.39, 0.29) is 25.3 Å². The minimum atomic E-state index is -1.08. The van der Waals surface area contributed by atoms with Crippen LogP contribution in [-0.2, 0) is 14.4 Å². The number of carbonyl (C=O) groups is 3. The number of nitrogens with zero attached hydrogens (tertiary/aromatic N) is 1. The molecule has 3 amide bonds. The Labute approximate surface area is 169 Å². The molecule has 0 atom stereocenters. The molecule has 2 rings (SSSR count). The van der Waals surface area contributed by atoms with Gasteiger partial charge >= 0.3 is 0 Å². The molecule has 0 aromatic heterocycles. The number of primary amides is 1. The van der Waals surface area contributed by atoms with Crippen molar-refractivity contribution in [3.63, 3.8) is 0 Å². The highest BCUT2D eigenvalue weighted by Crippen LogP contribution is 2.26. The molecule has 29 heavy (non-hydrogen) atoms. The fourth-order valence-corrected chi connectivity index (χ4v) is 3.49. The van der Waals surface area contributed by atoms with E-state index >= 15 is 0 Å². The molecule has 0 bridgehead atoms. The van der Waals surface area contributed by atoms with Crippen molar-refractivity contribution in [1.82, 2.24) is 10.2 Å². The second-order valence-electron chi connectivity index (χ2n) is 7.42. The van der Waals surface area contributed by atoms with Crippen molar-refractivity contribution in [1.29, 1.82) is 0 Å². The quantitative estimate of drug-likeness (QED) is 0.547. The monoisotopic (exact) mass is 410 g/mol. The van der Waals surface area contributed by atoms with Gasteiger partial charge in [0.25, 0.3) is 0 Å². The van der Waals surface area contributed by atoms with Gasteiger partial charge in [-0.3, -0.25) is 19.3 Å². The van der Waals surface area contributed by atoms with Crippen molar-refractivity contribution in [2.45, 2.75) is 38.5 Å². The molecule has 160 valence electrons. The highest BCUT2D eigenvalue weighted by molar-refractivity contribution is 5.94. The standard InChI is InChI=1S/C20H28F2N4O3/c21-16-7-6-15(10-17(16)22)25-19(28)11-24-20(29)13-26(12-18(23)27)9-8-14-4-2-1-3-5-14/h6-7,10,14H,1-5,8-9,11-13H2,(H2,23,27)(H,24,29)(H,25,28). The maximum absolute atomic E-state index is 13.2. The van der Waals surface area contributed by atoms with E-state index in [9.17, 15) is 23.2 Å². The number of anilines is 1. The van der Waals surface area contributed by atoms with E-state index in [1.807, 2.05) is 0 Å². The van der Waals surface area contributed by atoms with E-state index in [1.54, 1.807) is 4.90 Å². The minimum Gasteiger partial charge on any atom is -0.369 e. The summed E-state index contributed by atoms with van der Waals surface area (Å²) in [6, 6.07) is 2.98. The number of halogens is 2. The van der Waals surface area contributed by atoms with Crippen LogP contribution in [-0.4, -0.2) is 48.8 Å². The van der Waals surface area contributed by atoms with Gasteiger partial charge in [-0.25, -0.2) is 8.78 Å². The van der Waals surface area contributed by atoms with E-state index in [4.69, 9.17) is 5.73 Å². The summed E-state index contributed by atoms with van der Waals surface area (Å²) >= 11 is 0. The third-order valence-electron chi connectivity index (χ3n) is 4.97. The molecule has 1 saturated carbocycles. The zero-order chi connectivity index (χ0) is 21.2. The second kappa shape index (κ2) is 11.5. The third-order valence-corrected chi connectivity index (χ3v) is 4.97. The summed E-state index contributed by atoms with van der Waals surface area (Å²) in [6.07, 6.45) is 6.93. The van der Waals surface area contributed by atoms with Gasteiger partial charge in [0.05, 0.1) is 19.6 Å². The summed E-state index contributed by atoms with van der Waals surface area (Å²) in [4.78, 5) is 37.0. The highest BCUT2D eigenvalue weighted by Gasteiger charge is 2.18. The predicted molar refractivity (Wildman–Crippen MR) is 105 cm³/mol. The van der Waals surface area contributed by atoms with Crippen LogP contribution in [0.25, 0.3) is 0 Å². The van der Waals surface area contributed by atoms with Crippen LogP contribution in [0.1, 0.15) is 38.5 Å². The predicted octanol–water partition coefficient (Wildman–Crippen LogP) is 1.78. The fraction of sp³-hybridized carbons (Fsp3) is 0.550. The largest absolute Gasteiger partial charge is 0.369 e. The Morgan fingerprint density at radius 1 is 1.03 bits per heavy atom. The van der Waals surface area contributed by atoms with Gasteiger partial charge in [0.15, 0.2) is 11.6 Å². The first-order chi connectivity index (χ1) is 13.8. The van der Waals surface area contributed by atoms with Crippen LogP contribution in [0.15, 0.2) is 18.2 Å². The first kappa shape index (κ1) is 22.7. The normalized spacial score (nSPS) is 14.6. The van der Waals surface area contributed by atoms with Gasteiger partial charge in [-0.1, -0.05) is 32.1 Å². The Hall–Kier alpha value is -2.55. The second-order valence-corrected chi connectivity index (χ2v) is 7.42. The molecule has 0 saturated heterocycles. The van der Waals surface area contributed by atoms with Crippen molar-refractivity contribution in [3.8, 4) is 0 Å². The topological polar surface area (TPSA) is 105 Å². The van der Waals surface area contributed by atoms with Crippen LogP contribution in [0.4, 0.5) is 14.5 Å². The lowest BCUT2D eigenvalue weighted by atomic mass is 9.87. The molecule has 9 heteroatoms. The van der Waals surface area contributed by atoms with Gasteiger partial charge in [-0.2, -0.15) is 0 Å². The van der Waals surface area contributed by atoms with E-state index < -0.39 is 29.4 Å². The van der Waals surface area contributed by atoms with E-state index in [2.05, 4.69) is 10.6 Å². The van der Waals surface area contributed by atoms with Gasteiger partial charge in [0.2, 0.25) is 17.7 Å².